The Morgan fingerprint density at radius 1 is 1.44 bits per heavy atom. The molecule has 1 saturated heterocycles. The molecule has 5 nitrogen and oxygen atoms in total. The van der Waals surface area contributed by atoms with E-state index in [9.17, 15) is 9.90 Å². The SMILES string of the molecule is NCCNC(=O)CN1CCC2(O)CCCCC2C1. The standard InChI is InChI=1S/C13H25N3O2/c14-6-7-15-12(17)10-16-8-5-13(18)4-2-1-3-11(13)9-16/h11,18H,1-10,14H2,(H,15,17). The molecule has 5 heteroatoms. The van der Waals surface area contributed by atoms with Crippen LogP contribution in [0.15, 0.2) is 0 Å². The Hall–Kier alpha value is -0.650. The number of nitrogens with zero attached hydrogens (tertiary/aromatic N) is 1. The number of nitrogens with two attached hydrogens (primary N) is 1. The maximum atomic E-state index is 11.6. The molecule has 0 spiro atoms. The van der Waals surface area contributed by atoms with Crippen LogP contribution in [0.25, 0.3) is 0 Å². The molecule has 2 atom stereocenters. The smallest absolute Gasteiger partial charge is 0.234 e. The van der Waals surface area contributed by atoms with Gasteiger partial charge in [-0.15, -0.1) is 0 Å². The molecule has 18 heavy (non-hydrogen) atoms. The van der Waals surface area contributed by atoms with Gasteiger partial charge in [-0.3, -0.25) is 9.69 Å². The second kappa shape index (κ2) is 5.99. The van der Waals surface area contributed by atoms with Gasteiger partial charge in [0.25, 0.3) is 0 Å². The summed E-state index contributed by atoms with van der Waals surface area (Å²) in [5, 5.41) is 13.3. The van der Waals surface area contributed by atoms with Crippen LogP contribution in [0.2, 0.25) is 0 Å². The van der Waals surface area contributed by atoms with Gasteiger partial charge in [0.15, 0.2) is 0 Å². The first-order valence-corrected chi connectivity index (χ1v) is 7.05. The summed E-state index contributed by atoms with van der Waals surface area (Å²) in [6.45, 7) is 3.14. The van der Waals surface area contributed by atoms with Gasteiger partial charge in [-0.2, -0.15) is 0 Å². The first-order chi connectivity index (χ1) is 8.64. The van der Waals surface area contributed by atoms with Crippen molar-refractivity contribution in [1.29, 1.82) is 0 Å². The van der Waals surface area contributed by atoms with Crippen molar-refractivity contribution in [2.75, 3.05) is 32.7 Å². The van der Waals surface area contributed by atoms with Crippen molar-refractivity contribution in [2.45, 2.75) is 37.7 Å². The lowest BCUT2D eigenvalue weighted by Gasteiger charge is -2.47. The second-order valence-corrected chi connectivity index (χ2v) is 5.67. The third-order valence-electron chi connectivity index (χ3n) is 4.35. The molecular formula is C13H25N3O2. The van der Waals surface area contributed by atoms with E-state index in [2.05, 4.69) is 10.2 Å². The zero-order valence-corrected chi connectivity index (χ0v) is 11.0. The van der Waals surface area contributed by atoms with E-state index in [0.717, 1.165) is 38.8 Å². The highest BCUT2D eigenvalue weighted by atomic mass is 16.3. The van der Waals surface area contributed by atoms with Gasteiger partial charge in [0, 0.05) is 32.1 Å². The minimum Gasteiger partial charge on any atom is -0.390 e. The van der Waals surface area contributed by atoms with E-state index in [1.165, 1.54) is 6.42 Å². The molecule has 0 aromatic heterocycles. The third-order valence-corrected chi connectivity index (χ3v) is 4.35. The van der Waals surface area contributed by atoms with Crippen LogP contribution in [-0.2, 0) is 4.79 Å². The topological polar surface area (TPSA) is 78.6 Å². The van der Waals surface area contributed by atoms with E-state index in [1.807, 2.05) is 0 Å². The highest BCUT2D eigenvalue weighted by Gasteiger charge is 2.42. The van der Waals surface area contributed by atoms with Gasteiger partial charge in [-0.05, 0) is 19.3 Å². The summed E-state index contributed by atoms with van der Waals surface area (Å²) in [5.41, 5.74) is 4.90. The lowest BCUT2D eigenvalue weighted by molar-refractivity contribution is -0.127. The van der Waals surface area contributed by atoms with Crippen molar-refractivity contribution in [1.82, 2.24) is 10.2 Å². The largest absolute Gasteiger partial charge is 0.390 e. The zero-order chi connectivity index (χ0) is 13.0. The Labute approximate surface area is 109 Å². The number of piperidine rings is 1. The molecule has 2 unspecified atom stereocenters. The maximum Gasteiger partial charge on any atom is 0.234 e. The van der Waals surface area contributed by atoms with Crippen molar-refractivity contribution in [2.24, 2.45) is 11.7 Å². The van der Waals surface area contributed by atoms with E-state index in [4.69, 9.17) is 5.73 Å². The minimum absolute atomic E-state index is 0.0432. The molecule has 1 amide bonds. The maximum absolute atomic E-state index is 11.6. The lowest BCUT2D eigenvalue weighted by atomic mass is 9.71. The molecule has 2 aliphatic rings. The predicted molar refractivity (Wildman–Crippen MR) is 70.0 cm³/mol. The van der Waals surface area contributed by atoms with Gasteiger partial charge in [-0.25, -0.2) is 0 Å². The van der Waals surface area contributed by atoms with Crippen LogP contribution in [0.1, 0.15) is 32.1 Å². The number of hydrogen-bond donors (Lipinski definition) is 3. The van der Waals surface area contributed by atoms with Crippen LogP contribution in [-0.4, -0.2) is 54.2 Å². The number of carbonyl (C=O) groups is 1. The normalized spacial score (nSPS) is 32.9. The third kappa shape index (κ3) is 3.22. The van der Waals surface area contributed by atoms with Gasteiger partial charge < -0.3 is 16.2 Å². The van der Waals surface area contributed by atoms with Crippen molar-refractivity contribution in [3.8, 4) is 0 Å². The number of amides is 1. The zero-order valence-electron chi connectivity index (χ0n) is 11.0. The summed E-state index contributed by atoms with van der Waals surface area (Å²) < 4.78 is 0. The monoisotopic (exact) mass is 255 g/mol. The lowest BCUT2D eigenvalue weighted by Crippen LogP contribution is -2.55. The molecule has 2 fully saturated rings. The first kappa shape index (κ1) is 13.8. The van der Waals surface area contributed by atoms with Gasteiger partial charge in [-0.1, -0.05) is 12.8 Å². The highest BCUT2D eigenvalue weighted by Crippen LogP contribution is 2.39. The Morgan fingerprint density at radius 2 is 2.28 bits per heavy atom. The minimum atomic E-state index is -0.456. The van der Waals surface area contributed by atoms with E-state index in [-0.39, 0.29) is 5.91 Å². The van der Waals surface area contributed by atoms with Gasteiger partial charge in [0.05, 0.1) is 12.1 Å². The molecule has 0 aromatic rings. The summed E-state index contributed by atoms with van der Waals surface area (Å²) in [6, 6.07) is 0. The number of hydrogen-bond acceptors (Lipinski definition) is 4. The van der Waals surface area contributed by atoms with E-state index in [0.29, 0.717) is 25.6 Å². The summed E-state index contributed by atoms with van der Waals surface area (Å²) >= 11 is 0. The Morgan fingerprint density at radius 3 is 3.06 bits per heavy atom. The Balaban J connectivity index is 1.81. The first-order valence-electron chi connectivity index (χ1n) is 7.05. The van der Waals surface area contributed by atoms with Gasteiger partial charge in [0.1, 0.15) is 0 Å². The summed E-state index contributed by atoms with van der Waals surface area (Å²) in [7, 11) is 0. The fraction of sp³-hybridized carbons (Fsp3) is 0.923. The number of nitrogens with one attached hydrogen (secondary N) is 1. The summed E-state index contributed by atoms with van der Waals surface area (Å²) in [4.78, 5) is 13.8. The Bertz CT molecular complexity index is 298. The average molecular weight is 255 g/mol. The molecule has 0 aromatic carbocycles. The Kier molecular flexibility index (Phi) is 4.59. The van der Waals surface area contributed by atoms with Crippen molar-refractivity contribution in [3.05, 3.63) is 0 Å². The van der Waals surface area contributed by atoms with E-state index >= 15 is 0 Å². The number of rotatable bonds is 4. The van der Waals surface area contributed by atoms with Crippen LogP contribution in [0.4, 0.5) is 0 Å². The van der Waals surface area contributed by atoms with Crippen LogP contribution in [0, 0.1) is 5.92 Å². The number of likely N-dealkylation sites (tertiary alicyclic amines) is 1. The van der Waals surface area contributed by atoms with E-state index in [1.54, 1.807) is 0 Å². The molecule has 0 bridgehead atoms. The second-order valence-electron chi connectivity index (χ2n) is 5.67. The van der Waals surface area contributed by atoms with Crippen molar-refractivity contribution >= 4 is 5.91 Å². The number of fused-ring (bicyclic) bond motifs is 1. The molecule has 1 aliphatic carbocycles. The summed E-state index contributed by atoms with van der Waals surface area (Å²) in [5.74, 6) is 0.393. The van der Waals surface area contributed by atoms with Crippen molar-refractivity contribution < 1.29 is 9.90 Å². The van der Waals surface area contributed by atoms with E-state index < -0.39 is 5.60 Å². The van der Waals surface area contributed by atoms with Gasteiger partial charge >= 0.3 is 0 Å². The number of carbonyl (C=O) groups excluding carboxylic acids is 1. The van der Waals surface area contributed by atoms with Crippen LogP contribution in [0.5, 0.6) is 0 Å². The van der Waals surface area contributed by atoms with Crippen LogP contribution < -0.4 is 11.1 Å². The molecule has 2 rings (SSSR count). The fourth-order valence-corrected chi connectivity index (χ4v) is 3.25. The molecular weight excluding hydrogens is 230 g/mol. The molecule has 0 radical (unpaired) electrons. The summed E-state index contributed by atoms with van der Waals surface area (Å²) in [6.07, 6.45) is 5.19. The predicted octanol–water partition coefficient (Wildman–Crippen LogP) is -0.312. The average Bonchev–Trinajstić information content (AvgIpc) is 2.36. The van der Waals surface area contributed by atoms with Gasteiger partial charge in [0.2, 0.25) is 5.91 Å². The van der Waals surface area contributed by atoms with Crippen LogP contribution >= 0.6 is 0 Å². The van der Waals surface area contributed by atoms with Crippen LogP contribution in [0.3, 0.4) is 0 Å². The highest BCUT2D eigenvalue weighted by molar-refractivity contribution is 5.78. The quantitative estimate of drug-likeness (QED) is 0.644. The molecule has 1 saturated carbocycles. The molecule has 1 aliphatic heterocycles. The fourth-order valence-electron chi connectivity index (χ4n) is 3.25. The van der Waals surface area contributed by atoms with Crippen molar-refractivity contribution in [3.63, 3.8) is 0 Å². The molecule has 4 N–H and O–H groups in total. The number of aliphatic hydroxyl groups is 1. The molecule has 104 valence electrons. The molecule has 1 heterocycles.